The Hall–Kier alpha value is -0.220. The van der Waals surface area contributed by atoms with Crippen LogP contribution in [-0.2, 0) is 6.42 Å². The highest BCUT2D eigenvalue weighted by Gasteiger charge is 2.22. The van der Waals surface area contributed by atoms with E-state index in [4.69, 9.17) is 12.2 Å². The van der Waals surface area contributed by atoms with Gasteiger partial charge < -0.3 is 4.98 Å². The van der Waals surface area contributed by atoms with Crippen molar-refractivity contribution in [3.05, 3.63) is 20.6 Å². The zero-order chi connectivity index (χ0) is 12.4. The molecule has 2 rings (SSSR count). The van der Waals surface area contributed by atoms with Gasteiger partial charge in [0.05, 0.1) is 4.47 Å². The van der Waals surface area contributed by atoms with Gasteiger partial charge in [0.15, 0.2) is 0 Å². The molecule has 0 radical (unpaired) electrons. The topological polar surface area (TPSA) is 28.7 Å². The molecule has 1 aliphatic rings. The van der Waals surface area contributed by atoms with E-state index in [2.05, 4.69) is 39.7 Å². The monoisotopic (exact) mass is 314 g/mol. The van der Waals surface area contributed by atoms with Crippen molar-refractivity contribution in [1.82, 2.24) is 9.97 Å². The molecule has 17 heavy (non-hydrogen) atoms. The Kier molecular flexibility index (Phi) is 4.36. The lowest BCUT2D eigenvalue weighted by molar-refractivity contribution is 0.339. The predicted octanol–water partition coefficient (Wildman–Crippen LogP) is 4.76. The third-order valence-electron chi connectivity index (χ3n) is 3.71. The maximum atomic E-state index is 5.31. The Morgan fingerprint density at radius 1 is 1.35 bits per heavy atom. The third kappa shape index (κ3) is 2.97. The lowest BCUT2D eigenvalue weighted by atomic mass is 9.82. The van der Waals surface area contributed by atoms with Gasteiger partial charge in [-0.25, -0.2) is 4.98 Å². The molecule has 0 spiro atoms. The summed E-state index contributed by atoms with van der Waals surface area (Å²) in [5.74, 6) is 2.54. The first-order valence-electron chi connectivity index (χ1n) is 6.40. The van der Waals surface area contributed by atoms with Crippen molar-refractivity contribution in [3.8, 4) is 0 Å². The van der Waals surface area contributed by atoms with Gasteiger partial charge in [-0.3, -0.25) is 0 Å². The van der Waals surface area contributed by atoms with Gasteiger partial charge in [-0.05, 0) is 41.1 Å². The van der Waals surface area contributed by atoms with Crippen LogP contribution in [0.3, 0.4) is 0 Å². The maximum absolute atomic E-state index is 5.31. The van der Waals surface area contributed by atoms with E-state index in [0.717, 1.165) is 22.6 Å². The van der Waals surface area contributed by atoms with Crippen molar-refractivity contribution >= 4 is 28.1 Å². The SMILES string of the molecule is CCc1[nH]c(C2CCC(C)CC2)nc(=S)c1Br. The van der Waals surface area contributed by atoms with Gasteiger partial charge in [0.25, 0.3) is 0 Å². The molecule has 94 valence electrons. The highest BCUT2D eigenvalue weighted by atomic mass is 79.9. The van der Waals surface area contributed by atoms with E-state index >= 15 is 0 Å². The number of nitrogens with one attached hydrogen (secondary N) is 1. The standard InChI is InChI=1S/C13H19BrN2S/c1-3-10-11(14)13(17)16-12(15-10)9-6-4-8(2)5-7-9/h8-9H,3-7H2,1-2H3,(H,15,16,17). The van der Waals surface area contributed by atoms with Crippen LogP contribution in [-0.4, -0.2) is 9.97 Å². The molecule has 4 heteroatoms. The molecule has 0 atom stereocenters. The number of H-pyrrole nitrogens is 1. The molecular weight excluding hydrogens is 296 g/mol. The Balaban J connectivity index is 2.27. The fourth-order valence-corrected chi connectivity index (χ4v) is 3.19. The van der Waals surface area contributed by atoms with Crippen molar-refractivity contribution in [1.29, 1.82) is 0 Å². The van der Waals surface area contributed by atoms with Crippen LogP contribution < -0.4 is 0 Å². The number of nitrogens with zero attached hydrogens (tertiary/aromatic N) is 1. The summed E-state index contributed by atoms with van der Waals surface area (Å²) in [4.78, 5) is 8.01. The quantitative estimate of drug-likeness (QED) is 0.797. The number of aromatic nitrogens is 2. The second-order valence-corrected chi connectivity index (χ2v) is 6.21. The fourth-order valence-electron chi connectivity index (χ4n) is 2.50. The Bertz CT molecular complexity index is 447. The van der Waals surface area contributed by atoms with E-state index in [9.17, 15) is 0 Å². The minimum Gasteiger partial charge on any atom is -0.346 e. The first-order chi connectivity index (χ1) is 8.11. The van der Waals surface area contributed by atoms with E-state index < -0.39 is 0 Å². The van der Waals surface area contributed by atoms with Crippen LogP contribution in [0.15, 0.2) is 4.47 Å². The van der Waals surface area contributed by atoms with Crippen molar-refractivity contribution in [2.75, 3.05) is 0 Å². The summed E-state index contributed by atoms with van der Waals surface area (Å²) >= 11 is 8.82. The molecule has 1 N–H and O–H groups in total. The second-order valence-electron chi connectivity index (χ2n) is 5.03. The van der Waals surface area contributed by atoms with Crippen molar-refractivity contribution < 1.29 is 0 Å². The number of aryl methyl sites for hydroxylation is 1. The van der Waals surface area contributed by atoms with Crippen LogP contribution >= 0.6 is 28.1 Å². The smallest absolute Gasteiger partial charge is 0.144 e. The van der Waals surface area contributed by atoms with Gasteiger partial charge in [0.1, 0.15) is 10.5 Å². The summed E-state index contributed by atoms with van der Waals surface area (Å²) in [5.41, 5.74) is 1.18. The molecule has 0 unspecified atom stereocenters. The number of rotatable bonds is 2. The molecule has 1 aliphatic carbocycles. The molecular formula is C13H19BrN2S. The molecule has 1 heterocycles. The van der Waals surface area contributed by atoms with Crippen molar-refractivity contribution in [2.24, 2.45) is 5.92 Å². The van der Waals surface area contributed by atoms with Gasteiger partial charge in [-0.2, -0.15) is 0 Å². The summed E-state index contributed by atoms with van der Waals surface area (Å²) in [7, 11) is 0. The van der Waals surface area contributed by atoms with Crippen LogP contribution in [0.1, 0.15) is 57.0 Å². The third-order valence-corrected chi connectivity index (χ3v) is 5.12. The molecule has 2 nitrogen and oxygen atoms in total. The molecule has 1 aromatic rings. The number of hydrogen-bond acceptors (Lipinski definition) is 2. The fraction of sp³-hybridized carbons (Fsp3) is 0.692. The van der Waals surface area contributed by atoms with E-state index in [0.29, 0.717) is 10.6 Å². The van der Waals surface area contributed by atoms with Crippen LogP contribution in [0.2, 0.25) is 0 Å². The first-order valence-corrected chi connectivity index (χ1v) is 7.60. The molecule has 1 fully saturated rings. The summed E-state index contributed by atoms with van der Waals surface area (Å²) < 4.78 is 1.66. The molecule has 1 saturated carbocycles. The van der Waals surface area contributed by atoms with Gasteiger partial charge in [-0.1, -0.05) is 38.9 Å². The highest BCUT2D eigenvalue weighted by Crippen LogP contribution is 2.34. The average Bonchev–Trinajstić information content (AvgIpc) is 2.33. The lowest BCUT2D eigenvalue weighted by Crippen LogP contribution is -2.14. The van der Waals surface area contributed by atoms with Crippen LogP contribution in [0, 0.1) is 10.6 Å². The lowest BCUT2D eigenvalue weighted by Gasteiger charge is -2.25. The van der Waals surface area contributed by atoms with Crippen molar-refractivity contribution in [3.63, 3.8) is 0 Å². The summed E-state index contributed by atoms with van der Waals surface area (Å²) in [6, 6.07) is 0. The van der Waals surface area contributed by atoms with Gasteiger partial charge in [0.2, 0.25) is 0 Å². The van der Waals surface area contributed by atoms with Crippen LogP contribution in [0.25, 0.3) is 0 Å². The molecule has 0 aromatic carbocycles. The van der Waals surface area contributed by atoms with E-state index in [1.807, 2.05) is 0 Å². The van der Waals surface area contributed by atoms with E-state index in [1.165, 1.54) is 31.4 Å². The Labute approximate surface area is 116 Å². The molecule has 0 amide bonds. The van der Waals surface area contributed by atoms with Gasteiger partial charge in [-0.15, -0.1) is 0 Å². The van der Waals surface area contributed by atoms with Crippen LogP contribution in [0.4, 0.5) is 0 Å². The van der Waals surface area contributed by atoms with E-state index in [1.54, 1.807) is 0 Å². The average molecular weight is 315 g/mol. The molecule has 1 aromatic heterocycles. The number of aromatic amines is 1. The summed E-state index contributed by atoms with van der Waals surface area (Å²) in [5, 5.41) is 0. The molecule has 0 saturated heterocycles. The number of halogens is 1. The zero-order valence-electron chi connectivity index (χ0n) is 10.4. The molecule has 0 bridgehead atoms. The van der Waals surface area contributed by atoms with Gasteiger partial charge in [0, 0.05) is 11.6 Å². The van der Waals surface area contributed by atoms with Gasteiger partial charge >= 0.3 is 0 Å². The minimum atomic E-state index is 0.575. The largest absolute Gasteiger partial charge is 0.346 e. The van der Waals surface area contributed by atoms with E-state index in [-0.39, 0.29) is 0 Å². The zero-order valence-corrected chi connectivity index (χ0v) is 12.8. The predicted molar refractivity (Wildman–Crippen MR) is 76.9 cm³/mol. The number of hydrogen-bond donors (Lipinski definition) is 1. The van der Waals surface area contributed by atoms with Crippen LogP contribution in [0.5, 0.6) is 0 Å². The first kappa shape index (κ1) is 13.2. The Morgan fingerprint density at radius 3 is 2.59 bits per heavy atom. The highest BCUT2D eigenvalue weighted by molar-refractivity contribution is 9.10. The summed E-state index contributed by atoms with van der Waals surface area (Å²) in [6.45, 7) is 4.48. The molecule has 0 aliphatic heterocycles. The minimum absolute atomic E-state index is 0.575. The maximum Gasteiger partial charge on any atom is 0.144 e. The summed E-state index contributed by atoms with van der Waals surface area (Å²) in [6.07, 6.45) is 6.06. The second kappa shape index (κ2) is 5.61. The normalized spacial score (nSPS) is 24.9. The Morgan fingerprint density at radius 2 is 2.00 bits per heavy atom. The van der Waals surface area contributed by atoms with Crippen molar-refractivity contribution in [2.45, 2.75) is 51.9 Å².